The van der Waals surface area contributed by atoms with Crippen LogP contribution in [0, 0.1) is 11.8 Å². The van der Waals surface area contributed by atoms with Crippen LogP contribution in [-0.4, -0.2) is 12.6 Å². The Labute approximate surface area is 66.9 Å². The number of carbonyl (C=O) groups is 1. The molecule has 0 amide bonds. The predicted molar refractivity (Wildman–Crippen MR) is 41.0 cm³/mol. The first-order valence-electron chi connectivity index (χ1n) is 4.54. The van der Waals surface area contributed by atoms with Crippen molar-refractivity contribution in [2.45, 2.75) is 32.1 Å². The molecule has 11 heavy (non-hydrogen) atoms. The van der Waals surface area contributed by atoms with Gasteiger partial charge in [-0.15, -0.1) is 0 Å². The second-order valence-corrected chi connectivity index (χ2v) is 3.63. The molecule has 0 spiro atoms. The average molecular weight is 154 g/mol. The molecule has 2 nitrogen and oxygen atoms in total. The van der Waals surface area contributed by atoms with Crippen molar-refractivity contribution in [1.82, 2.24) is 0 Å². The molecule has 0 bridgehead atoms. The predicted octanol–water partition coefficient (Wildman–Crippen LogP) is 1.74. The first kappa shape index (κ1) is 7.14. The van der Waals surface area contributed by atoms with E-state index in [9.17, 15) is 4.79 Å². The SMILES string of the molecule is O=C1OCC2CCCCCC12. The number of hydrogen-bond donors (Lipinski definition) is 0. The molecule has 0 radical (unpaired) electrons. The van der Waals surface area contributed by atoms with Gasteiger partial charge in [-0.1, -0.05) is 19.3 Å². The van der Waals surface area contributed by atoms with Crippen LogP contribution in [0.2, 0.25) is 0 Å². The average Bonchev–Trinajstić information content (AvgIpc) is 2.25. The van der Waals surface area contributed by atoms with Gasteiger partial charge in [0.05, 0.1) is 12.5 Å². The topological polar surface area (TPSA) is 26.3 Å². The van der Waals surface area contributed by atoms with E-state index in [4.69, 9.17) is 4.74 Å². The summed E-state index contributed by atoms with van der Waals surface area (Å²) in [6.07, 6.45) is 6.09. The third-order valence-electron chi connectivity index (χ3n) is 2.90. The van der Waals surface area contributed by atoms with Crippen LogP contribution >= 0.6 is 0 Å². The van der Waals surface area contributed by atoms with E-state index in [0.29, 0.717) is 12.5 Å². The highest BCUT2D eigenvalue weighted by Gasteiger charge is 2.36. The summed E-state index contributed by atoms with van der Waals surface area (Å²) in [6, 6.07) is 0. The van der Waals surface area contributed by atoms with Gasteiger partial charge in [-0.05, 0) is 12.8 Å². The molecule has 1 saturated heterocycles. The molecule has 1 saturated carbocycles. The van der Waals surface area contributed by atoms with Crippen molar-refractivity contribution in [3.8, 4) is 0 Å². The molecule has 2 heteroatoms. The van der Waals surface area contributed by atoms with Crippen LogP contribution in [0.3, 0.4) is 0 Å². The molecule has 2 atom stereocenters. The number of carbonyl (C=O) groups excluding carboxylic acids is 1. The smallest absolute Gasteiger partial charge is 0.309 e. The number of ether oxygens (including phenoxy) is 1. The molecule has 2 aliphatic rings. The first-order valence-corrected chi connectivity index (χ1v) is 4.54. The zero-order chi connectivity index (χ0) is 7.68. The molecule has 2 unspecified atom stereocenters. The van der Waals surface area contributed by atoms with Gasteiger partial charge >= 0.3 is 5.97 Å². The normalized spacial score (nSPS) is 37.6. The van der Waals surface area contributed by atoms with Crippen molar-refractivity contribution in [2.24, 2.45) is 11.8 Å². The number of hydrogen-bond acceptors (Lipinski definition) is 2. The molecule has 1 aliphatic carbocycles. The summed E-state index contributed by atoms with van der Waals surface area (Å²) in [5.41, 5.74) is 0. The van der Waals surface area contributed by atoms with Crippen molar-refractivity contribution in [1.29, 1.82) is 0 Å². The lowest BCUT2D eigenvalue weighted by molar-refractivity contribution is -0.141. The number of fused-ring (bicyclic) bond motifs is 1. The quantitative estimate of drug-likeness (QED) is 0.497. The van der Waals surface area contributed by atoms with E-state index >= 15 is 0 Å². The van der Waals surface area contributed by atoms with Crippen LogP contribution in [0.15, 0.2) is 0 Å². The van der Waals surface area contributed by atoms with Gasteiger partial charge in [0.15, 0.2) is 0 Å². The monoisotopic (exact) mass is 154 g/mol. The molecule has 0 aromatic carbocycles. The van der Waals surface area contributed by atoms with Gasteiger partial charge in [-0.25, -0.2) is 0 Å². The maximum atomic E-state index is 11.1. The molecule has 0 aromatic heterocycles. The minimum atomic E-state index is 0.0666. The van der Waals surface area contributed by atoms with Gasteiger partial charge in [0.1, 0.15) is 0 Å². The Bertz CT molecular complexity index is 165. The fourth-order valence-corrected chi connectivity index (χ4v) is 2.19. The zero-order valence-electron chi connectivity index (χ0n) is 6.71. The second-order valence-electron chi connectivity index (χ2n) is 3.63. The van der Waals surface area contributed by atoms with Crippen molar-refractivity contribution in [2.75, 3.05) is 6.61 Å². The minimum Gasteiger partial charge on any atom is -0.465 e. The standard InChI is InChI=1S/C9H14O2/c10-9-8-5-3-1-2-4-7(8)6-11-9/h7-8H,1-6H2. The van der Waals surface area contributed by atoms with Crippen molar-refractivity contribution >= 4 is 5.97 Å². The summed E-state index contributed by atoms with van der Waals surface area (Å²) in [5, 5.41) is 0. The van der Waals surface area contributed by atoms with E-state index in [1.807, 2.05) is 0 Å². The zero-order valence-corrected chi connectivity index (χ0v) is 6.71. The van der Waals surface area contributed by atoms with Gasteiger partial charge < -0.3 is 4.74 Å². The van der Waals surface area contributed by atoms with E-state index < -0.39 is 0 Å². The Balaban J connectivity index is 2.06. The van der Waals surface area contributed by atoms with Crippen LogP contribution in [0.4, 0.5) is 0 Å². The highest BCUT2D eigenvalue weighted by Crippen LogP contribution is 2.34. The highest BCUT2D eigenvalue weighted by molar-refractivity contribution is 5.74. The van der Waals surface area contributed by atoms with Crippen LogP contribution in [-0.2, 0) is 9.53 Å². The maximum Gasteiger partial charge on any atom is 0.309 e. The Kier molecular flexibility index (Phi) is 1.84. The van der Waals surface area contributed by atoms with E-state index in [0.717, 1.165) is 6.42 Å². The Morgan fingerprint density at radius 2 is 2.00 bits per heavy atom. The van der Waals surface area contributed by atoms with Crippen molar-refractivity contribution in [3.05, 3.63) is 0 Å². The lowest BCUT2D eigenvalue weighted by atomic mass is 9.91. The van der Waals surface area contributed by atoms with Gasteiger partial charge in [0, 0.05) is 5.92 Å². The van der Waals surface area contributed by atoms with Crippen molar-refractivity contribution < 1.29 is 9.53 Å². The summed E-state index contributed by atoms with van der Waals surface area (Å²) < 4.78 is 5.02. The molecule has 62 valence electrons. The number of rotatable bonds is 0. The second kappa shape index (κ2) is 2.84. The number of esters is 1. The Hall–Kier alpha value is -0.530. The fraction of sp³-hybridized carbons (Fsp3) is 0.889. The summed E-state index contributed by atoms with van der Waals surface area (Å²) in [7, 11) is 0. The molecule has 0 N–H and O–H groups in total. The molecular weight excluding hydrogens is 140 g/mol. The lowest BCUT2D eigenvalue weighted by Gasteiger charge is -2.08. The van der Waals surface area contributed by atoms with Crippen LogP contribution < -0.4 is 0 Å². The Morgan fingerprint density at radius 3 is 2.91 bits per heavy atom. The molecule has 1 heterocycles. The highest BCUT2D eigenvalue weighted by atomic mass is 16.5. The van der Waals surface area contributed by atoms with E-state index in [1.165, 1.54) is 25.7 Å². The largest absolute Gasteiger partial charge is 0.465 e. The summed E-state index contributed by atoms with van der Waals surface area (Å²) in [5.74, 6) is 0.888. The minimum absolute atomic E-state index is 0.0666. The lowest BCUT2D eigenvalue weighted by Crippen LogP contribution is -2.13. The first-order chi connectivity index (χ1) is 5.38. The summed E-state index contributed by atoms with van der Waals surface area (Å²) in [4.78, 5) is 11.1. The molecule has 0 aromatic rings. The Morgan fingerprint density at radius 1 is 1.18 bits per heavy atom. The van der Waals surface area contributed by atoms with E-state index in [1.54, 1.807) is 0 Å². The van der Waals surface area contributed by atoms with E-state index in [-0.39, 0.29) is 11.9 Å². The van der Waals surface area contributed by atoms with Gasteiger partial charge in [0.25, 0.3) is 0 Å². The number of cyclic esters (lactones) is 1. The van der Waals surface area contributed by atoms with Gasteiger partial charge in [-0.2, -0.15) is 0 Å². The fourth-order valence-electron chi connectivity index (χ4n) is 2.19. The molecular formula is C9H14O2. The van der Waals surface area contributed by atoms with E-state index in [2.05, 4.69) is 0 Å². The van der Waals surface area contributed by atoms with Crippen LogP contribution in [0.1, 0.15) is 32.1 Å². The third kappa shape index (κ3) is 1.26. The summed E-state index contributed by atoms with van der Waals surface area (Å²) in [6.45, 7) is 0.698. The van der Waals surface area contributed by atoms with Gasteiger partial charge in [-0.3, -0.25) is 4.79 Å². The summed E-state index contributed by atoms with van der Waals surface area (Å²) >= 11 is 0. The van der Waals surface area contributed by atoms with Crippen molar-refractivity contribution in [3.63, 3.8) is 0 Å². The molecule has 1 aliphatic heterocycles. The molecule has 2 rings (SSSR count). The van der Waals surface area contributed by atoms with Crippen LogP contribution in [0.25, 0.3) is 0 Å². The maximum absolute atomic E-state index is 11.1. The van der Waals surface area contributed by atoms with Gasteiger partial charge in [0.2, 0.25) is 0 Å². The molecule has 2 fully saturated rings. The van der Waals surface area contributed by atoms with Crippen LogP contribution in [0.5, 0.6) is 0 Å². The third-order valence-corrected chi connectivity index (χ3v) is 2.90.